The SMILES string of the molecule is COc1cc2nc(Cl)c(C=C3C(=O)NC(=S)N(c4ccc(Oc5ccccc5)cc4)C3=O)cc2c(OC)c1OC. The number of fused-ring (bicyclic) bond motifs is 1. The van der Waals surface area contributed by atoms with Crippen molar-refractivity contribution in [3.05, 3.63) is 83.0 Å². The molecule has 0 bridgehead atoms. The first-order chi connectivity index (χ1) is 19.3. The van der Waals surface area contributed by atoms with Gasteiger partial charge in [-0.15, -0.1) is 0 Å². The fraction of sp³-hybridized carbons (Fsp3) is 0.103. The molecule has 0 radical (unpaired) electrons. The normalized spacial score (nSPS) is 14.3. The first-order valence-electron chi connectivity index (χ1n) is 11.9. The van der Waals surface area contributed by atoms with E-state index in [0.717, 1.165) is 0 Å². The fourth-order valence-corrected chi connectivity index (χ4v) is 4.70. The second-order valence-electron chi connectivity index (χ2n) is 8.45. The summed E-state index contributed by atoms with van der Waals surface area (Å²) in [5.41, 5.74) is 1.06. The minimum absolute atomic E-state index is 0.0508. The van der Waals surface area contributed by atoms with Crippen molar-refractivity contribution in [2.75, 3.05) is 26.2 Å². The topological polar surface area (TPSA) is 99.2 Å². The Labute approximate surface area is 239 Å². The van der Waals surface area contributed by atoms with Crippen LogP contribution >= 0.6 is 23.8 Å². The molecular weight excluding hydrogens is 554 g/mol. The Morgan fingerprint density at radius 3 is 2.23 bits per heavy atom. The molecule has 0 saturated carbocycles. The highest BCUT2D eigenvalue weighted by atomic mass is 35.5. The molecule has 0 spiro atoms. The highest BCUT2D eigenvalue weighted by Crippen LogP contribution is 2.44. The number of amides is 2. The van der Waals surface area contributed by atoms with Gasteiger partial charge in [0.05, 0.1) is 32.5 Å². The minimum atomic E-state index is -0.661. The zero-order valence-electron chi connectivity index (χ0n) is 21.6. The van der Waals surface area contributed by atoms with Gasteiger partial charge in [0.2, 0.25) is 5.75 Å². The molecule has 1 aromatic heterocycles. The van der Waals surface area contributed by atoms with Gasteiger partial charge in [-0.05, 0) is 60.8 Å². The largest absolute Gasteiger partial charge is 0.493 e. The van der Waals surface area contributed by atoms with Crippen LogP contribution in [0.5, 0.6) is 28.7 Å². The van der Waals surface area contributed by atoms with E-state index in [9.17, 15) is 9.59 Å². The summed E-state index contributed by atoms with van der Waals surface area (Å²) in [6.45, 7) is 0. The fourth-order valence-electron chi connectivity index (χ4n) is 4.22. The number of rotatable bonds is 7. The van der Waals surface area contributed by atoms with E-state index in [1.54, 1.807) is 36.4 Å². The number of pyridine rings is 1. The minimum Gasteiger partial charge on any atom is -0.493 e. The number of hydrogen-bond donors (Lipinski definition) is 1. The number of thiocarbonyl (C=S) groups is 1. The number of anilines is 1. The zero-order chi connectivity index (χ0) is 28.4. The molecule has 0 atom stereocenters. The van der Waals surface area contributed by atoms with Crippen LogP contribution in [0.2, 0.25) is 5.15 Å². The molecule has 1 aliphatic heterocycles. The monoisotopic (exact) mass is 575 g/mol. The molecule has 2 heterocycles. The van der Waals surface area contributed by atoms with E-state index in [-0.39, 0.29) is 15.8 Å². The van der Waals surface area contributed by atoms with Crippen molar-refractivity contribution in [1.82, 2.24) is 10.3 Å². The Bertz CT molecular complexity index is 1680. The molecule has 3 aromatic carbocycles. The molecule has 40 heavy (non-hydrogen) atoms. The van der Waals surface area contributed by atoms with E-state index in [1.165, 1.54) is 32.3 Å². The number of benzene rings is 3. The molecule has 11 heteroatoms. The van der Waals surface area contributed by atoms with Crippen LogP contribution in [0.15, 0.2) is 72.3 Å². The third-order valence-corrected chi connectivity index (χ3v) is 6.67. The summed E-state index contributed by atoms with van der Waals surface area (Å²) >= 11 is 11.8. The van der Waals surface area contributed by atoms with Gasteiger partial charge in [-0.1, -0.05) is 29.8 Å². The van der Waals surface area contributed by atoms with Crippen LogP contribution in [0, 0.1) is 0 Å². The summed E-state index contributed by atoms with van der Waals surface area (Å²) in [4.78, 5) is 32.1. The Morgan fingerprint density at radius 2 is 1.57 bits per heavy atom. The van der Waals surface area contributed by atoms with Gasteiger partial charge in [0.15, 0.2) is 16.6 Å². The van der Waals surface area contributed by atoms with Crippen molar-refractivity contribution in [1.29, 1.82) is 0 Å². The molecule has 1 saturated heterocycles. The third-order valence-electron chi connectivity index (χ3n) is 6.08. The molecule has 1 N–H and O–H groups in total. The van der Waals surface area contributed by atoms with Crippen molar-refractivity contribution in [2.45, 2.75) is 0 Å². The molecule has 2 amide bonds. The first-order valence-corrected chi connectivity index (χ1v) is 12.7. The summed E-state index contributed by atoms with van der Waals surface area (Å²) < 4.78 is 22.2. The van der Waals surface area contributed by atoms with Gasteiger partial charge >= 0.3 is 0 Å². The maximum Gasteiger partial charge on any atom is 0.270 e. The number of methoxy groups -OCH3 is 3. The van der Waals surface area contributed by atoms with Gasteiger partial charge in [-0.2, -0.15) is 0 Å². The van der Waals surface area contributed by atoms with Crippen LogP contribution in [0.25, 0.3) is 17.0 Å². The van der Waals surface area contributed by atoms with E-state index < -0.39 is 11.8 Å². The smallest absolute Gasteiger partial charge is 0.270 e. The molecule has 4 aromatic rings. The van der Waals surface area contributed by atoms with Crippen LogP contribution in [0.1, 0.15) is 5.56 Å². The van der Waals surface area contributed by atoms with Crippen LogP contribution in [0.3, 0.4) is 0 Å². The van der Waals surface area contributed by atoms with Gasteiger partial charge in [0.25, 0.3) is 11.8 Å². The van der Waals surface area contributed by atoms with E-state index >= 15 is 0 Å². The Balaban J connectivity index is 1.51. The molecule has 0 aliphatic carbocycles. The van der Waals surface area contributed by atoms with Gasteiger partial charge in [0.1, 0.15) is 22.2 Å². The lowest BCUT2D eigenvalue weighted by molar-refractivity contribution is -0.122. The van der Waals surface area contributed by atoms with E-state index in [1.807, 2.05) is 30.3 Å². The maximum absolute atomic E-state index is 13.6. The number of carbonyl (C=O) groups excluding carboxylic acids is 2. The number of aromatic nitrogens is 1. The number of ether oxygens (including phenoxy) is 4. The van der Waals surface area contributed by atoms with Gasteiger partial charge in [-0.25, -0.2) is 4.98 Å². The van der Waals surface area contributed by atoms with E-state index in [4.69, 9.17) is 42.8 Å². The van der Waals surface area contributed by atoms with Gasteiger partial charge in [0, 0.05) is 17.0 Å². The Kier molecular flexibility index (Phi) is 7.54. The van der Waals surface area contributed by atoms with Crippen LogP contribution in [-0.4, -0.2) is 43.2 Å². The average Bonchev–Trinajstić information content (AvgIpc) is 2.95. The van der Waals surface area contributed by atoms with Crippen molar-refractivity contribution < 1.29 is 28.5 Å². The van der Waals surface area contributed by atoms with Crippen LogP contribution in [-0.2, 0) is 9.59 Å². The summed E-state index contributed by atoms with van der Waals surface area (Å²) in [5, 5.41) is 3.13. The number of nitrogens with zero attached hydrogens (tertiary/aromatic N) is 2. The number of hydrogen-bond acceptors (Lipinski definition) is 8. The Hall–Kier alpha value is -4.67. The van der Waals surface area contributed by atoms with Crippen LogP contribution < -0.4 is 29.2 Å². The molecule has 1 fully saturated rings. The summed E-state index contributed by atoms with van der Waals surface area (Å²) in [6, 6.07) is 19.4. The first kappa shape index (κ1) is 26.9. The Morgan fingerprint density at radius 1 is 0.900 bits per heavy atom. The second-order valence-corrected chi connectivity index (χ2v) is 9.19. The van der Waals surface area contributed by atoms with Gasteiger partial charge < -0.3 is 18.9 Å². The zero-order valence-corrected chi connectivity index (χ0v) is 23.1. The van der Waals surface area contributed by atoms with E-state index in [2.05, 4.69) is 10.3 Å². The maximum atomic E-state index is 13.6. The highest BCUT2D eigenvalue weighted by molar-refractivity contribution is 7.80. The number of carbonyl (C=O) groups is 2. The summed E-state index contributed by atoms with van der Waals surface area (Å²) in [7, 11) is 4.47. The summed E-state index contributed by atoms with van der Waals surface area (Å²) in [6.07, 6.45) is 1.37. The van der Waals surface area contributed by atoms with Crippen molar-refractivity contribution in [3.8, 4) is 28.7 Å². The molecule has 0 unspecified atom stereocenters. The van der Waals surface area contributed by atoms with Crippen molar-refractivity contribution in [3.63, 3.8) is 0 Å². The molecule has 5 rings (SSSR count). The van der Waals surface area contributed by atoms with Gasteiger partial charge in [-0.3, -0.25) is 19.8 Å². The standard InChI is InChI=1S/C29H22ClN3O6S/c1-36-23-15-22-20(24(37-2)25(23)38-3)13-16(26(30)31-22)14-21-27(34)32-29(40)33(28(21)35)17-9-11-19(12-10-17)39-18-7-5-4-6-8-18/h4-15H,1-3H3,(H,32,34,40). The predicted molar refractivity (Wildman–Crippen MR) is 156 cm³/mol. The lowest BCUT2D eigenvalue weighted by Crippen LogP contribution is -2.54. The van der Waals surface area contributed by atoms with Crippen LogP contribution in [0.4, 0.5) is 5.69 Å². The summed E-state index contributed by atoms with van der Waals surface area (Å²) in [5.74, 6) is 1.09. The predicted octanol–water partition coefficient (Wildman–Crippen LogP) is 5.54. The third kappa shape index (κ3) is 5.02. The second kappa shape index (κ2) is 11.2. The quantitative estimate of drug-likeness (QED) is 0.133. The average molecular weight is 576 g/mol. The van der Waals surface area contributed by atoms with Crippen molar-refractivity contribution >= 4 is 63.4 Å². The van der Waals surface area contributed by atoms with E-state index in [0.29, 0.717) is 50.9 Å². The lowest BCUT2D eigenvalue weighted by atomic mass is 10.1. The highest BCUT2D eigenvalue weighted by Gasteiger charge is 2.35. The number of nitrogens with one attached hydrogen (secondary N) is 1. The molecule has 9 nitrogen and oxygen atoms in total. The number of para-hydroxylation sites is 1. The van der Waals surface area contributed by atoms with Crippen molar-refractivity contribution in [2.24, 2.45) is 0 Å². The lowest BCUT2D eigenvalue weighted by Gasteiger charge is -2.29. The molecule has 1 aliphatic rings. The molecular formula is C29H22ClN3O6S. The number of halogens is 1. The molecule has 202 valence electrons.